The molecule has 1 aliphatic heterocycles. The van der Waals surface area contributed by atoms with Crippen molar-refractivity contribution in [2.45, 2.75) is 26.1 Å². The Morgan fingerprint density at radius 1 is 1.12 bits per heavy atom. The fraction of sp³-hybridized carbons (Fsp3) is 0.227. The van der Waals surface area contributed by atoms with Crippen molar-refractivity contribution >= 4 is 36.9 Å². The average Bonchev–Trinajstić information content (AvgIpc) is 3.22. The number of fused-ring (bicyclic) bond motifs is 1. The van der Waals surface area contributed by atoms with Crippen LogP contribution in [-0.2, 0) is 6.18 Å². The first-order chi connectivity index (χ1) is 15.6. The number of carbonyl (C=O) groups is 3. The quantitative estimate of drug-likeness (QED) is 0.566. The molecule has 1 N–H and O–H groups in total. The predicted octanol–water partition coefficient (Wildman–Crippen LogP) is 3.51. The number of benzene rings is 1. The van der Waals surface area contributed by atoms with Crippen LogP contribution in [0.25, 0.3) is 0 Å². The summed E-state index contributed by atoms with van der Waals surface area (Å²) in [5, 5.41) is 6.35. The number of carbonyl (C=O) groups excluding carboxylic acids is 3. The number of amides is 3. The van der Waals surface area contributed by atoms with Gasteiger partial charge >= 0.3 is 6.18 Å². The first kappa shape index (κ1) is 25.0. The first-order valence-corrected chi connectivity index (χ1v) is 9.91. The van der Waals surface area contributed by atoms with Crippen LogP contribution in [0.5, 0.6) is 0 Å². The molecular weight excluding hydrogens is 471 g/mol. The first-order valence-electron chi connectivity index (χ1n) is 9.91. The summed E-state index contributed by atoms with van der Waals surface area (Å²) in [6.07, 6.45) is -1.87. The van der Waals surface area contributed by atoms with E-state index >= 15 is 0 Å². The Bertz CT molecular complexity index is 1260. The summed E-state index contributed by atoms with van der Waals surface area (Å²) in [5.41, 5.74) is 0.0744. The maximum atomic E-state index is 13.2. The van der Waals surface area contributed by atoms with Crippen molar-refractivity contribution < 1.29 is 27.6 Å². The van der Waals surface area contributed by atoms with E-state index in [4.69, 9.17) is 0 Å². The van der Waals surface area contributed by atoms with Gasteiger partial charge in [-0.2, -0.15) is 31.8 Å². The molecule has 0 saturated heterocycles. The van der Waals surface area contributed by atoms with E-state index in [1.807, 2.05) is 0 Å². The lowest BCUT2D eigenvalue weighted by Crippen LogP contribution is -2.44. The third-order valence-electron chi connectivity index (χ3n) is 5.24. The molecular formula is C22H20F3N5O3S. The van der Waals surface area contributed by atoms with E-state index in [1.165, 1.54) is 46.2 Å². The minimum atomic E-state index is -4.50. The third-order valence-corrected chi connectivity index (χ3v) is 5.24. The second-order valence-corrected chi connectivity index (χ2v) is 7.63. The summed E-state index contributed by atoms with van der Waals surface area (Å²) in [6, 6.07) is 6.78. The number of hydrogen-bond acceptors (Lipinski definition) is 5. The Labute approximate surface area is 199 Å². The molecule has 0 fully saturated rings. The Kier molecular flexibility index (Phi) is 6.82. The molecule has 0 unspecified atom stereocenters. The minimum absolute atomic E-state index is 0. The number of nitrogens with zero attached hydrogens (tertiary/aromatic N) is 4. The number of pyridine rings is 1. The Morgan fingerprint density at radius 2 is 1.79 bits per heavy atom. The van der Waals surface area contributed by atoms with E-state index in [-0.39, 0.29) is 48.6 Å². The van der Waals surface area contributed by atoms with Crippen LogP contribution < -0.4 is 10.2 Å². The molecule has 0 radical (unpaired) electrons. The summed E-state index contributed by atoms with van der Waals surface area (Å²) in [6.45, 7) is 3.60. The van der Waals surface area contributed by atoms with E-state index in [0.717, 1.165) is 12.1 Å². The number of imide groups is 1. The SMILES string of the molecule is Cc1cc(C(=O)NC(=O)c2cnn3c2C(=O)N(c2ccc(C(F)(F)F)cc2)C[C@@H]3C)ccn1.S. The van der Waals surface area contributed by atoms with E-state index in [1.54, 1.807) is 13.8 Å². The van der Waals surface area contributed by atoms with Crippen molar-refractivity contribution in [3.63, 3.8) is 0 Å². The number of aryl methyl sites for hydroxylation is 1. The molecule has 3 amide bonds. The fourth-order valence-corrected chi connectivity index (χ4v) is 3.61. The summed E-state index contributed by atoms with van der Waals surface area (Å²) in [4.78, 5) is 43.7. The zero-order valence-corrected chi connectivity index (χ0v) is 19.1. The van der Waals surface area contributed by atoms with Gasteiger partial charge < -0.3 is 4.90 Å². The van der Waals surface area contributed by atoms with E-state index in [9.17, 15) is 27.6 Å². The lowest BCUT2D eigenvalue weighted by Gasteiger charge is -2.32. The van der Waals surface area contributed by atoms with Crippen molar-refractivity contribution in [2.75, 3.05) is 11.4 Å². The van der Waals surface area contributed by atoms with Gasteiger partial charge in [-0.25, -0.2) is 0 Å². The monoisotopic (exact) mass is 491 g/mol. The van der Waals surface area contributed by atoms with Crippen molar-refractivity contribution in [3.05, 3.63) is 76.9 Å². The van der Waals surface area contributed by atoms with Crippen LogP contribution in [0, 0.1) is 6.92 Å². The van der Waals surface area contributed by atoms with Gasteiger partial charge in [0.15, 0.2) is 0 Å². The summed E-state index contributed by atoms with van der Waals surface area (Å²) in [5.74, 6) is -2.09. The number of anilines is 1. The number of rotatable bonds is 3. The largest absolute Gasteiger partial charge is 0.416 e. The third kappa shape index (κ3) is 4.67. The zero-order chi connectivity index (χ0) is 23.9. The van der Waals surface area contributed by atoms with E-state index in [0.29, 0.717) is 5.69 Å². The second kappa shape index (κ2) is 9.29. The number of aromatic nitrogens is 3. The smallest absolute Gasteiger partial charge is 0.305 e. The van der Waals surface area contributed by atoms with Gasteiger partial charge in [-0.1, -0.05) is 0 Å². The van der Waals surface area contributed by atoms with Gasteiger partial charge in [0.1, 0.15) is 5.69 Å². The number of nitrogens with one attached hydrogen (secondary N) is 1. The molecule has 3 aromatic rings. The number of alkyl halides is 3. The maximum Gasteiger partial charge on any atom is 0.416 e. The Morgan fingerprint density at radius 3 is 2.41 bits per heavy atom. The molecule has 0 saturated carbocycles. The normalized spacial score (nSPS) is 15.4. The van der Waals surface area contributed by atoms with Gasteiger partial charge in [-0.3, -0.25) is 29.4 Å². The van der Waals surface area contributed by atoms with Crippen LogP contribution in [0.15, 0.2) is 48.8 Å². The van der Waals surface area contributed by atoms with Crippen molar-refractivity contribution in [1.29, 1.82) is 0 Å². The molecule has 1 aliphatic rings. The summed E-state index contributed by atoms with van der Waals surface area (Å²) in [7, 11) is 0. The van der Waals surface area contributed by atoms with E-state index < -0.39 is 29.5 Å². The van der Waals surface area contributed by atoms with Crippen LogP contribution in [0.4, 0.5) is 18.9 Å². The Balaban J connectivity index is 0.00000324. The van der Waals surface area contributed by atoms with Gasteiger partial charge in [-0.15, -0.1) is 0 Å². The highest BCUT2D eigenvalue weighted by atomic mass is 32.1. The topological polar surface area (TPSA) is 97.2 Å². The maximum absolute atomic E-state index is 13.2. The lowest BCUT2D eigenvalue weighted by molar-refractivity contribution is -0.137. The molecule has 0 aliphatic carbocycles. The molecule has 178 valence electrons. The fourth-order valence-electron chi connectivity index (χ4n) is 3.61. The number of halogens is 3. The molecule has 12 heteroatoms. The number of hydrogen-bond donors (Lipinski definition) is 1. The lowest BCUT2D eigenvalue weighted by atomic mass is 10.1. The van der Waals surface area contributed by atoms with Crippen molar-refractivity contribution in [2.24, 2.45) is 0 Å². The molecule has 0 spiro atoms. The molecule has 3 heterocycles. The minimum Gasteiger partial charge on any atom is -0.305 e. The average molecular weight is 491 g/mol. The Hall–Kier alpha value is -3.67. The van der Waals surface area contributed by atoms with Crippen LogP contribution in [0.2, 0.25) is 0 Å². The molecule has 1 atom stereocenters. The van der Waals surface area contributed by atoms with Crippen LogP contribution in [0.3, 0.4) is 0 Å². The highest BCUT2D eigenvalue weighted by Crippen LogP contribution is 2.32. The van der Waals surface area contributed by atoms with Crippen molar-refractivity contribution in [3.8, 4) is 0 Å². The van der Waals surface area contributed by atoms with Crippen molar-refractivity contribution in [1.82, 2.24) is 20.1 Å². The predicted molar refractivity (Wildman–Crippen MR) is 121 cm³/mol. The zero-order valence-electron chi connectivity index (χ0n) is 18.1. The summed E-state index contributed by atoms with van der Waals surface area (Å²) >= 11 is 0. The standard InChI is InChI=1S/C22H18F3N5O3.H2S/c1-12-9-14(7-8-26-12)19(31)28-20(32)17-10-27-30-13(2)11-29(21(33)18(17)30)16-5-3-15(4-6-16)22(23,24)25;/h3-10,13H,11H2,1-2H3,(H,28,31,32);1H2/t13-;/m0./s1. The molecule has 1 aromatic carbocycles. The van der Waals surface area contributed by atoms with Gasteiger partial charge in [0.2, 0.25) is 0 Å². The van der Waals surface area contributed by atoms with Crippen LogP contribution >= 0.6 is 13.5 Å². The second-order valence-electron chi connectivity index (χ2n) is 7.63. The van der Waals surface area contributed by atoms with Gasteiger partial charge in [0, 0.05) is 29.7 Å². The van der Waals surface area contributed by atoms with Gasteiger partial charge in [-0.05, 0) is 50.2 Å². The molecule has 2 aromatic heterocycles. The molecule has 0 bridgehead atoms. The highest BCUT2D eigenvalue weighted by molar-refractivity contribution is 7.59. The molecule has 4 rings (SSSR count). The molecule has 8 nitrogen and oxygen atoms in total. The van der Waals surface area contributed by atoms with Gasteiger partial charge in [0.05, 0.1) is 23.4 Å². The van der Waals surface area contributed by atoms with E-state index in [2.05, 4.69) is 15.4 Å². The summed E-state index contributed by atoms with van der Waals surface area (Å²) < 4.78 is 40.0. The van der Waals surface area contributed by atoms with Crippen LogP contribution in [0.1, 0.15) is 55.4 Å². The van der Waals surface area contributed by atoms with Crippen LogP contribution in [-0.4, -0.2) is 39.0 Å². The van der Waals surface area contributed by atoms with Gasteiger partial charge in [0.25, 0.3) is 17.7 Å². The highest BCUT2D eigenvalue weighted by Gasteiger charge is 2.36. The molecule has 34 heavy (non-hydrogen) atoms.